The van der Waals surface area contributed by atoms with Crippen LogP contribution in [0, 0.1) is 13.8 Å². The molecule has 0 spiro atoms. The number of piperazine rings is 1. The number of carbonyl (C=O) groups excluding carboxylic acids is 1. The maximum atomic E-state index is 12.4. The van der Waals surface area contributed by atoms with E-state index >= 15 is 0 Å². The molecule has 0 unspecified atom stereocenters. The van der Waals surface area contributed by atoms with E-state index in [-0.39, 0.29) is 5.91 Å². The van der Waals surface area contributed by atoms with Gasteiger partial charge in [-0.2, -0.15) is 0 Å². The third kappa shape index (κ3) is 2.91. The molecule has 18 heavy (non-hydrogen) atoms. The first-order chi connectivity index (χ1) is 8.60. The van der Waals surface area contributed by atoms with E-state index in [1.807, 2.05) is 30.9 Å². The van der Waals surface area contributed by atoms with Crippen LogP contribution in [0.15, 0.2) is 18.2 Å². The molecule has 3 heteroatoms. The summed E-state index contributed by atoms with van der Waals surface area (Å²) >= 11 is 0. The summed E-state index contributed by atoms with van der Waals surface area (Å²) in [7, 11) is 0. The highest BCUT2D eigenvalue weighted by molar-refractivity contribution is 5.94. The Kier molecular flexibility index (Phi) is 4.02. The molecule has 1 fully saturated rings. The standard InChI is InChI=1S/C15H22N2O/c1-4-16-5-7-17(8-6-16)15(18)14-10-12(2)9-13(3)11-14/h9-11H,4-8H2,1-3H3. The second kappa shape index (κ2) is 5.53. The smallest absolute Gasteiger partial charge is 0.253 e. The van der Waals surface area contributed by atoms with Crippen LogP contribution < -0.4 is 0 Å². The second-order valence-electron chi connectivity index (χ2n) is 5.10. The van der Waals surface area contributed by atoms with Gasteiger partial charge < -0.3 is 9.80 Å². The van der Waals surface area contributed by atoms with Gasteiger partial charge in [0.05, 0.1) is 0 Å². The zero-order valence-electron chi connectivity index (χ0n) is 11.6. The van der Waals surface area contributed by atoms with Crippen molar-refractivity contribution in [2.75, 3.05) is 32.7 Å². The number of rotatable bonds is 2. The molecule has 0 aromatic heterocycles. The fourth-order valence-electron chi connectivity index (χ4n) is 2.55. The molecule has 1 aliphatic heterocycles. The van der Waals surface area contributed by atoms with Gasteiger partial charge >= 0.3 is 0 Å². The minimum Gasteiger partial charge on any atom is -0.336 e. The van der Waals surface area contributed by atoms with Crippen LogP contribution in [0.25, 0.3) is 0 Å². The van der Waals surface area contributed by atoms with E-state index in [2.05, 4.69) is 17.9 Å². The Morgan fingerprint density at radius 3 is 2.11 bits per heavy atom. The fraction of sp³-hybridized carbons (Fsp3) is 0.533. The average molecular weight is 246 g/mol. The van der Waals surface area contributed by atoms with Crippen LogP contribution in [0.2, 0.25) is 0 Å². The van der Waals surface area contributed by atoms with E-state index < -0.39 is 0 Å². The summed E-state index contributed by atoms with van der Waals surface area (Å²) < 4.78 is 0. The molecular weight excluding hydrogens is 224 g/mol. The van der Waals surface area contributed by atoms with Crippen molar-refractivity contribution in [2.24, 2.45) is 0 Å². The number of carbonyl (C=O) groups is 1. The summed E-state index contributed by atoms with van der Waals surface area (Å²) in [6, 6.07) is 6.08. The van der Waals surface area contributed by atoms with Gasteiger partial charge in [0.1, 0.15) is 0 Å². The topological polar surface area (TPSA) is 23.6 Å². The molecule has 1 aliphatic rings. The maximum Gasteiger partial charge on any atom is 0.253 e. The first-order valence-electron chi connectivity index (χ1n) is 6.70. The normalized spacial score (nSPS) is 16.9. The van der Waals surface area contributed by atoms with Crippen LogP contribution in [0.1, 0.15) is 28.4 Å². The number of likely N-dealkylation sites (N-methyl/N-ethyl adjacent to an activating group) is 1. The third-order valence-electron chi connectivity index (χ3n) is 3.58. The Morgan fingerprint density at radius 2 is 1.61 bits per heavy atom. The number of hydrogen-bond acceptors (Lipinski definition) is 2. The van der Waals surface area contributed by atoms with Gasteiger partial charge in [-0.25, -0.2) is 0 Å². The van der Waals surface area contributed by atoms with Gasteiger partial charge in [-0.3, -0.25) is 4.79 Å². The highest BCUT2D eigenvalue weighted by Crippen LogP contribution is 2.13. The predicted molar refractivity (Wildman–Crippen MR) is 73.9 cm³/mol. The summed E-state index contributed by atoms with van der Waals surface area (Å²) in [5.74, 6) is 0.178. The minimum absolute atomic E-state index is 0.178. The van der Waals surface area contributed by atoms with E-state index in [4.69, 9.17) is 0 Å². The van der Waals surface area contributed by atoms with Crippen molar-refractivity contribution in [3.8, 4) is 0 Å². The van der Waals surface area contributed by atoms with Crippen molar-refractivity contribution in [2.45, 2.75) is 20.8 Å². The summed E-state index contributed by atoms with van der Waals surface area (Å²) in [6.45, 7) is 11.0. The average Bonchev–Trinajstić information content (AvgIpc) is 2.37. The van der Waals surface area contributed by atoms with Crippen LogP contribution in [-0.2, 0) is 0 Å². The van der Waals surface area contributed by atoms with E-state index in [1.165, 1.54) is 0 Å². The van der Waals surface area contributed by atoms with E-state index in [1.54, 1.807) is 0 Å². The van der Waals surface area contributed by atoms with Crippen molar-refractivity contribution < 1.29 is 4.79 Å². The number of aryl methyl sites for hydroxylation is 2. The summed E-state index contributed by atoms with van der Waals surface area (Å²) in [4.78, 5) is 16.8. The van der Waals surface area contributed by atoms with Crippen LogP contribution in [0.3, 0.4) is 0 Å². The van der Waals surface area contributed by atoms with Gasteiger partial charge in [-0.15, -0.1) is 0 Å². The summed E-state index contributed by atoms with van der Waals surface area (Å²) in [5.41, 5.74) is 3.15. The monoisotopic (exact) mass is 246 g/mol. The molecule has 0 saturated carbocycles. The lowest BCUT2D eigenvalue weighted by molar-refractivity contribution is 0.0643. The Balaban J connectivity index is 2.07. The number of nitrogens with zero attached hydrogens (tertiary/aromatic N) is 2. The molecule has 1 saturated heterocycles. The lowest BCUT2D eigenvalue weighted by atomic mass is 10.1. The van der Waals surface area contributed by atoms with Gasteiger partial charge in [0.25, 0.3) is 5.91 Å². The SMILES string of the molecule is CCN1CCN(C(=O)c2cc(C)cc(C)c2)CC1. The van der Waals surface area contributed by atoms with Crippen molar-refractivity contribution in [3.05, 3.63) is 34.9 Å². The van der Waals surface area contributed by atoms with Crippen LogP contribution in [0.5, 0.6) is 0 Å². The largest absolute Gasteiger partial charge is 0.336 e. The highest BCUT2D eigenvalue weighted by Gasteiger charge is 2.21. The Morgan fingerprint density at radius 1 is 1.06 bits per heavy atom. The lowest BCUT2D eigenvalue weighted by Gasteiger charge is -2.34. The van der Waals surface area contributed by atoms with Crippen LogP contribution >= 0.6 is 0 Å². The molecule has 98 valence electrons. The Bertz CT molecular complexity index is 414. The van der Waals surface area contributed by atoms with E-state index in [0.29, 0.717) is 0 Å². The molecular formula is C15H22N2O. The number of hydrogen-bond donors (Lipinski definition) is 0. The molecule has 0 aliphatic carbocycles. The fourth-order valence-corrected chi connectivity index (χ4v) is 2.55. The summed E-state index contributed by atoms with van der Waals surface area (Å²) in [6.07, 6.45) is 0. The summed E-state index contributed by atoms with van der Waals surface area (Å²) in [5, 5.41) is 0. The molecule has 1 aromatic rings. The molecule has 0 radical (unpaired) electrons. The van der Waals surface area contributed by atoms with Crippen LogP contribution in [-0.4, -0.2) is 48.4 Å². The highest BCUT2D eigenvalue weighted by atomic mass is 16.2. The molecule has 1 amide bonds. The predicted octanol–water partition coefficient (Wildman–Crippen LogP) is 2.08. The lowest BCUT2D eigenvalue weighted by Crippen LogP contribution is -2.48. The maximum absolute atomic E-state index is 12.4. The van der Waals surface area contributed by atoms with Crippen molar-refractivity contribution >= 4 is 5.91 Å². The molecule has 1 aromatic carbocycles. The minimum atomic E-state index is 0.178. The first kappa shape index (κ1) is 13.1. The molecule has 0 N–H and O–H groups in total. The van der Waals surface area contributed by atoms with Gasteiger partial charge in [0.2, 0.25) is 0 Å². The van der Waals surface area contributed by atoms with Gasteiger partial charge in [-0.1, -0.05) is 24.1 Å². The second-order valence-corrected chi connectivity index (χ2v) is 5.10. The molecule has 3 nitrogen and oxygen atoms in total. The number of amides is 1. The zero-order valence-corrected chi connectivity index (χ0v) is 11.6. The molecule has 1 heterocycles. The van der Waals surface area contributed by atoms with Crippen molar-refractivity contribution in [1.29, 1.82) is 0 Å². The van der Waals surface area contributed by atoms with Gasteiger partial charge in [0.15, 0.2) is 0 Å². The molecule has 2 rings (SSSR count). The van der Waals surface area contributed by atoms with E-state index in [0.717, 1.165) is 49.4 Å². The van der Waals surface area contributed by atoms with Crippen LogP contribution in [0.4, 0.5) is 0 Å². The zero-order chi connectivity index (χ0) is 13.1. The van der Waals surface area contributed by atoms with Gasteiger partial charge in [-0.05, 0) is 32.5 Å². The van der Waals surface area contributed by atoms with Crippen molar-refractivity contribution in [3.63, 3.8) is 0 Å². The third-order valence-corrected chi connectivity index (χ3v) is 3.58. The van der Waals surface area contributed by atoms with Crippen molar-refractivity contribution in [1.82, 2.24) is 9.80 Å². The van der Waals surface area contributed by atoms with Gasteiger partial charge in [0, 0.05) is 31.7 Å². The molecule has 0 atom stereocenters. The Labute approximate surface area is 109 Å². The van der Waals surface area contributed by atoms with E-state index in [9.17, 15) is 4.79 Å². The Hall–Kier alpha value is -1.35. The number of benzene rings is 1. The first-order valence-corrected chi connectivity index (χ1v) is 6.70. The molecule has 0 bridgehead atoms. The quantitative estimate of drug-likeness (QED) is 0.797.